The van der Waals surface area contributed by atoms with Crippen molar-refractivity contribution in [2.45, 2.75) is 12.9 Å². The van der Waals surface area contributed by atoms with Gasteiger partial charge in [-0.2, -0.15) is 0 Å². The molecule has 0 fully saturated rings. The first-order chi connectivity index (χ1) is 10.8. The van der Waals surface area contributed by atoms with E-state index >= 15 is 0 Å². The molecule has 0 saturated heterocycles. The van der Waals surface area contributed by atoms with E-state index in [1.807, 2.05) is 24.3 Å². The van der Waals surface area contributed by atoms with Gasteiger partial charge in [-0.15, -0.1) is 37.1 Å². The van der Waals surface area contributed by atoms with Crippen molar-refractivity contribution in [2.75, 3.05) is 5.32 Å². The monoisotopic (exact) mass is 515 g/mol. The number of guanidine groups is 1. The molecule has 0 bridgehead atoms. The molecule has 0 unspecified atom stereocenters. The maximum atomic E-state index is 12.1. The highest BCUT2D eigenvalue weighted by atomic mass is 127. The zero-order valence-corrected chi connectivity index (χ0v) is 16.1. The van der Waals surface area contributed by atoms with E-state index in [-0.39, 0.29) is 35.7 Å². The molecule has 3 N–H and O–H groups in total. The number of ether oxygens (including phenoxy) is 1. The number of hydrogen-bond acceptors (Lipinski definition) is 2. The van der Waals surface area contributed by atoms with Gasteiger partial charge in [-0.05, 0) is 42.0 Å². The van der Waals surface area contributed by atoms with E-state index in [4.69, 9.17) is 5.73 Å². The van der Waals surface area contributed by atoms with E-state index in [0.29, 0.717) is 12.2 Å². The summed E-state index contributed by atoms with van der Waals surface area (Å²) in [6, 6.07) is 12.8. The van der Waals surface area contributed by atoms with Crippen molar-refractivity contribution in [1.82, 2.24) is 0 Å². The summed E-state index contributed by atoms with van der Waals surface area (Å²) in [4.78, 5) is 4.16. The van der Waals surface area contributed by atoms with Crippen molar-refractivity contribution in [3.63, 3.8) is 0 Å². The highest BCUT2D eigenvalue weighted by Gasteiger charge is 2.30. The number of anilines is 1. The number of nitrogens with zero attached hydrogens (tertiary/aromatic N) is 1. The Morgan fingerprint density at radius 1 is 1.08 bits per heavy atom. The quantitative estimate of drug-likeness (QED) is 0.346. The Labute approximate surface area is 162 Å². The van der Waals surface area contributed by atoms with Crippen molar-refractivity contribution >= 4 is 51.6 Å². The van der Waals surface area contributed by atoms with Gasteiger partial charge in [0.2, 0.25) is 0 Å². The molecule has 2 aromatic carbocycles. The van der Waals surface area contributed by atoms with Gasteiger partial charge in [0.25, 0.3) is 0 Å². The summed E-state index contributed by atoms with van der Waals surface area (Å²) in [5, 5.41) is 2.80. The molecule has 9 heteroatoms. The van der Waals surface area contributed by atoms with Crippen LogP contribution in [0.25, 0.3) is 0 Å². The molecule has 24 heavy (non-hydrogen) atoms. The van der Waals surface area contributed by atoms with Crippen LogP contribution in [0.1, 0.15) is 5.56 Å². The Hall–Kier alpha value is -1.49. The van der Waals surface area contributed by atoms with Gasteiger partial charge in [0.1, 0.15) is 5.75 Å². The lowest BCUT2D eigenvalue weighted by Gasteiger charge is -2.10. The minimum absolute atomic E-state index is 0. The molecule has 130 valence electrons. The Bertz CT molecular complexity index is 676. The molecule has 0 saturated carbocycles. The number of aliphatic imine (C=N–C) groups is 1. The van der Waals surface area contributed by atoms with Gasteiger partial charge in [-0.3, -0.25) is 0 Å². The van der Waals surface area contributed by atoms with Gasteiger partial charge in [0, 0.05) is 10.2 Å². The molecule has 0 spiro atoms. The molecule has 0 heterocycles. The molecule has 2 aromatic rings. The van der Waals surface area contributed by atoms with Crippen molar-refractivity contribution in [3.05, 3.63) is 58.6 Å². The van der Waals surface area contributed by atoms with Crippen LogP contribution in [0.4, 0.5) is 18.9 Å². The second-order valence-electron chi connectivity index (χ2n) is 4.53. The van der Waals surface area contributed by atoms with Crippen molar-refractivity contribution < 1.29 is 17.9 Å². The number of halogens is 5. The third-order valence-electron chi connectivity index (χ3n) is 2.71. The summed E-state index contributed by atoms with van der Waals surface area (Å²) in [6.45, 7) is 0.390. The maximum absolute atomic E-state index is 12.1. The van der Waals surface area contributed by atoms with Crippen LogP contribution >= 0.6 is 39.9 Å². The van der Waals surface area contributed by atoms with Crippen molar-refractivity contribution in [3.8, 4) is 5.75 Å². The number of rotatable bonds is 4. The fourth-order valence-electron chi connectivity index (χ4n) is 1.69. The van der Waals surface area contributed by atoms with Crippen LogP contribution in [0, 0.1) is 0 Å². The summed E-state index contributed by atoms with van der Waals surface area (Å²) in [5.41, 5.74) is 7.23. The van der Waals surface area contributed by atoms with E-state index < -0.39 is 6.36 Å². The summed E-state index contributed by atoms with van der Waals surface area (Å²) in [6.07, 6.45) is -4.71. The fraction of sp³-hybridized carbons (Fsp3) is 0.133. The highest BCUT2D eigenvalue weighted by Crippen LogP contribution is 2.23. The SMILES string of the molecule is I.NC(=NCc1ccc(Br)cc1)Nc1ccc(OC(F)(F)F)cc1. The zero-order valence-electron chi connectivity index (χ0n) is 12.2. The van der Waals surface area contributed by atoms with Crippen LogP contribution in [0.15, 0.2) is 58.0 Å². The number of nitrogens with one attached hydrogen (secondary N) is 1. The molecule has 0 atom stereocenters. The fourth-order valence-corrected chi connectivity index (χ4v) is 1.96. The Morgan fingerprint density at radius 3 is 2.21 bits per heavy atom. The topological polar surface area (TPSA) is 59.6 Å². The van der Waals surface area contributed by atoms with Gasteiger partial charge in [-0.1, -0.05) is 28.1 Å². The molecular weight excluding hydrogens is 502 g/mol. The lowest BCUT2D eigenvalue weighted by Crippen LogP contribution is -2.22. The lowest BCUT2D eigenvalue weighted by atomic mass is 10.2. The third-order valence-corrected chi connectivity index (χ3v) is 3.23. The Morgan fingerprint density at radius 2 is 1.67 bits per heavy atom. The van der Waals surface area contributed by atoms with Crippen molar-refractivity contribution in [1.29, 1.82) is 0 Å². The minimum Gasteiger partial charge on any atom is -0.406 e. The molecule has 4 nitrogen and oxygen atoms in total. The predicted molar refractivity (Wildman–Crippen MR) is 102 cm³/mol. The van der Waals surface area contributed by atoms with E-state index in [1.54, 1.807) is 0 Å². The average Bonchev–Trinajstić information content (AvgIpc) is 2.47. The first-order valence-corrected chi connectivity index (χ1v) is 7.28. The molecule has 0 aliphatic heterocycles. The van der Waals surface area contributed by atoms with Gasteiger partial charge < -0.3 is 15.8 Å². The summed E-state index contributed by atoms with van der Waals surface area (Å²) >= 11 is 3.34. The van der Waals surface area contributed by atoms with Crippen LogP contribution < -0.4 is 15.8 Å². The Kier molecular flexibility index (Phi) is 7.80. The molecular formula is C15H14BrF3IN3O. The standard InChI is InChI=1S/C15H13BrF3N3O.HI/c16-11-3-1-10(2-4-11)9-21-14(20)22-12-5-7-13(8-6-12)23-15(17,18)19;/h1-8H,9H2,(H3,20,21,22);1H. The smallest absolute Gasteiger partial charge is 0.406 e. The van der Waals surface area contributed by atoms with Crippen LogP contribution in [-0.2, 0) is 6.54 Å². The first kappa shape index (κ1) is 20.6. The molecule has 0 aromatic heterocycles. The second kappa shape index (κ2) is 9.11. The number of benzene rings is 2. The normalized spacial score (nSPS) is 11.6. The van der Waals surface area contributed by atoms with Crippen LogP contribution in [0.3, 0.4) is 0 Å². The van der Waals surface area contributed by atoms with E-state index in [1.165, 1.54) is 24.3 Å². The molecule has 0 aliphatic rings. The zero-order chi connectivity index (χ0) is 16.9. The lowest BCUT2D eigenvalue weighted by molar-refractivity contribution is -0.274. The number of nitrogens with two attached hydrogens (primary N) is 1. The summed E-state index contributed by atoms with van der Waals surface area (Å²) in [7, 11) is 0. The summed E-state index contributed by atoms with van der Waals surface area (Å²) < 4.78 is 40.9. The molecule has 0 amide bonds. The molecule has 2 rings (SSSR count). The van der Waals surface area contributed by atoms with Crippen LogP contribution in [0.2, 0.25) is 0 Å². The first-order valence-electron chi connectivity index (χ1n) is 6.49. The summed E-state index contributed by atoms with van der Waals surface area (Å²) in [5.74, 6) is -0.133. The predicted octanol–water partition coefficient (Wildman–Crippen LogP) is 4.89. The van der Waals surface area contributed by atoms with Crippen LogP contribution in [0.5, 0.6) is 5.75 Å². The molecule has 0 radical (unpaired) electrons. The van der Waals surface area contributed by atoms with Gasteiger partial charge in [0.05, 0.1) is 6.54 Å². The van der Waals surface area contributed by atoms with Crippen LogP contribution in [-0.4, -0.2) is 12.3 Å². The number of alkyl halides is 3. The minimum atomic E-state index is -4.71. The van der Waals surface area contributed by atoms with E-state index in [2.05, 4.69) is 31.0 Å². The van der Waals surface area contributed by atoms with Crippen molar-refractivity contribution in [2.24, 2.45) is 10.7 Å². The van der Waals surface area contributed by atoms with Gasteiger partial charge in [0.15, 0.2) is 5.96 Å². The highest BCUT2D eigenvalue weighted by molar-refractivity contribution is 14.0. The van der Waals surface area contributed by atoms with Gasteiger partial charge in [-0.25, -0.2) is 4.99 Å². The van der Waals surface area contributed by atoms with Gasteiger partial charge >= 0.3 is 6.36 Å². The maximum Gasteiger partial charge on any atom is 0.573 e. The molecule has 0 aliphatic carbocycles. The largest absolute Gasteiger partial charge is 0.573 e. The van der Waals surface area contributed by atoms with E-state index in [0.717, 1.165) is 10.0 Å². The number of hydrogen-bond donors (Lipinski definition) is 2. The second-order valence-corrected chi connectivity index (χ2v) is 5.44. The average molecular weight is 516 g/mol. The third kappa shape index (κ3) is 7.39. The van der Waals surface area contributed by atoms with E-state index in [9.17, 15) is 13.2 Å². The Balaban J connectivity index is 0.00000288.